The monoisotopic (exact) mass is 232 g/mol. The van der Waals surface area contributed by atoms with Crippen LogP contribution in [0.4, 0.5) is 0 Å². The highest BCUT2D eigenvalue weighted by Crippen LogP contribution is 2.15. The number of thiophene rings is 1. The van der Waals surface area contributed by atoms with Gasteiger partial charge in [0, 0.05) is 15.8 Å². The molecule has 0 spiro atoms. The fraction of sp³-hybridized carbons (Fsp3) is 0.375. The summed E-state index contributed by atoms with van der Waals surface area (Å²) < 4.78 is 0. The molecule has 0 atom stereocenters. The second-order valence-electron chi connectivity index (χ2n) is 2.21. The molecule has 1 heterocycles. The minimum absolute atomic E-state index is 0.168. The van der Waals surface area contributed by atoms with Crippen molar-refractivity contribution in [3.05, 3.63) is 21.9 Å². The van der Waals surface area contributed by atoms with Crippen molar-refractivity contribution in [1.29, 1.82) is 0 Å². The van der Waals surface area contributed by atoms with Crippen LogP contribution in [-0.4, -0.2) is 11.1 Å². The van der Waals surface area contributed by atoms with E-state index in [0.29, 0.717) is 5.33 Å². The van der Waals surface area contributed by atoms with Crippen molar-refractivity contribution in [2.75, 3.05) is 5.33 Å². The van der Waals surface area contributed by atoms with E-state index in [4.69, 9.17) is 0 Å². The number of carbonyl (C=O) groups excluding carboxylic acids is 1. The summed E-state index contributed by atoms with van der Waals surface area (Å²) in [6.45, 7) is 2.09. The zero-order chi connectivity index (χ0) is 8.27. The molecule has 0 aliphatic carbocycles. The van der Waals surface area contributed by atoms with Crippen molar-refractivity contribution in [3.8, 4) is 0 Å². The average molecular weight is 233 g/mol. The van der Waals surface area contributed by atoms with E-state index in [1.165, 1.54) is 4.88 Å². The van der Waals surface area contributed by atoms with E-state index in [2.05, 4.69) is 22.9 Å². The van der Waals surface area contributed by atoms with Crippen LogP contribution in [0.2, 0.25) is 0 Å². The predicted molar refractivity (Wildman–Crippen MR) is 51.8 cm³/mol. The van der Waals surface area contributed by atoms with Gasteiger partial charge < -0.3 is 0 Å². The van der Waals surface area contributed by atoms with Crippen LogP contribution in [0.3, 0.4) is 0 Å². The molecule has 0 aromatic carbocycles. The Morgan fingerprint density at radius 2 is 2.45 bits per heavy atom. The molecule has 0 saturated heterocycles. The van der Waals surface area contributed by atoms with Gasteiger partial charge in [-0.3, -0.25) is 4.79 Å². The third kappa shape index (κ3) is 2.14. The van der Waals surface area contributed by atoms with Gasteiger partial charge in [-0.2, -0.15) is 0 Å². The quantitative estimate of drug-likeness (QED) is 0.579. The fourth-order valence-corrected chi connectivity index (χ4v) is 1.95. The van der Waals surface area contributed by atoms with Crippen molar-refractivity contribution < 1.29 is 4.79 Å². The molecule has 0 N–H and O–H groups in total. The van der Waals surface area contributed by atoms with Crippen LogP contribution in [0, 0.1) is 0 Å². The molecule has 1 aromatic heterocycles. The maximum Gasteiger partial charge on any atom is 0.174 e. The Morgan fingerprint density at radius 3 is 2.91 bits per heavy atom. The number of Topliss-reactive ketones (excluding diaryl/α,β-unsaturated/α-hetero) is 1. The van der Waals surface area contributed by atoms with E-state index in [9.17, 15) is 4.79 Å². The average Bonchev–Trinajstić information content (AvgIpc) is 2.50. The largest absolute Gasteiger partial charge is 0.293 e. The Morgan fingerprint density at radius 1 is 1.73 bits per heavy atom. The van der Waals surface area contributed by atoms with E-state index in [1.54, 1.807) is 11.3 Å². The number of hydrogen-bond acceptors (Lipinski definition) is 2. The second kappa shape index (κ2) is 4.02. The van der Waals surface area contributed by atoms with Gasteiger partial charge in [0.05, 0.1) is 5.33 Å². The number of rotatable bonds is 3. The number of alkyl halides is 1. The number of aryl methyl sites for hydroxylation is 1. The molecule has 60 valence electrons. The van der Waals surface area contributed by atoms with Gasteiger partial charge in [-0.15, -0.1) is 11.3 Å². The summed E-state index contributed by atoms with van der Waals surface area (Å²) in [6, 6.07) is 1.97. The number of hydrogen-bond donors (Lipinski definition) is 0. The lowest BCUT2D eigenvalue weighted by molar-refractivity contribution is 0.102. The first-order chi connectivity index (χ1) is 5.27. The number of halogens is 1. The van der Waals surface area contributed by atoms with Gasteiger partial charge in [0.15, 0.2) is 5.78 Å². The van der Waals surface area contributed by atoms with E-state index in [0.717, 1.165) is 12.0 Å². The van der Waals surface area contributed by atoms with Crippen LogP contribution in [0.1, 0.15) is 22.2 Å². The summed E-state index contributed by atoms with van der Waals surface area (Å²) in [5, 5.41) is 2.34. The highest BCUT2D eigenvalue weighted by atomic mass is 79.9. The molecule has 0 aliphatic rings. The van der Waals surface area contributed by atoms with Gasteiger partial charge in [0.1, 0.15) is 0 Å². The molecule has 0 radical (unpaired) electrons. The molecular weight excluding hydrogens is 224 g/mol. The molecule has 0 amide bonds. The van der Waals surface area contributed by atoms with Crippen molar-refractivity contribution in [2.45, 2.75) is 13.3 Å². The molecule has 0 saturated carbocycles. The number of carbonyl (C=O) groups is 1. The summed E-state index contributed by atoms with van der Waals surface area (Å²) in [5.74, 6) is 0.168. The van der Waals surface area contributed by atoms with Gasteiger partial charge in [-0.25, -0.2) is 0 Å². The Bertz CT molecular complexity index is 254. The SMILES string of the molecule is CCc1cc(C(=O)CBr)cs1. The standard InChI is InChI=1S/C8H9BrOS/c1-2-7-3-6(5-11-7)8(10)4-9/h3,5H,2,4H2,1H3. The molecule has 11 heavy (non-hydrogen) atoms. The van der Waals surface area contributed by atoms with Gasteiger partial charge in [0.2, 0.25) is 0 Å². The highest BCUT2D eigenvalue weighted by molar-refractivity contribution is 9.09. The first kappa shape index (κ1) is 8.94. The van der Waals surface area contributed by atoms with Crippen molar-refractivity contribution in [3.63, 3.8) is 0 Å². The molecule has 1 rings (SSSR count). The molecular formula is C8H9BrOS. The van der Waals surface area contributed by atoms with Crippen molar-refractivity contribution in [2.24, 2.45) is 0 Å². The minimum Gasteiger partial charge on any atom is -0.293 e. The third-order valence-electron chi connectivity index (χ3n) is 1.45. The Hall–Kier alpha value is -0.150. The van der Waals surface area contributed by atoms with E-state index < -0.39 is 0 Å². The summed E-state index contributed by atoms with van der Waals surface area (Å²) in [7, 11) is 0. The van der Waals surface area contributed by atoms with Gasteiger partial charge in [0.25, 0.3) is 0 Å². The van der Waals surface area contributed by atoms with E-state index in [-0.39, 0.29) is 5.78 Å². The summed E-state index contributed by atoms with van der Waals surface area (Å²) in [6.07, 6.45) is 1.01. The predicted octanol–water partition coefficient (Wildman–Crippen LogP) is 2.89. The Balaban J connectivity index is 2.80. The lowest BCUT2D eigenvalue weighted by Gasteiger charge is -1.87. The first-order valence-electron chi connectivity index (χ1n) is 3.44. The second-order valence-corrected chi connectivity index (χ2v) is 3.77. The first-order valence-corrected chi connectivity index (χ1v) is 5.44. The number of ketones is 1. The Labute approximate surface area is 78.6 Å². The summed E-state index contributed by atoms with van der Waals surface area (Å²) >= 11 is 4.79. The molecule has 0 bridgehead atoms. The normalized spacial score (nSPS) is 10.0. The van der Waals surface area contributed by atoms with E-state index >= 15 is 0 Å². The molecule has 1 nitrogen and oxygen atoms in total. The minimum atomic E-state index is 0.168. The van der Waals surface area contributed by atoms with Gasteiger partial charge >= 0.3 is 0 Å². The van der Waals surface area contributed by atoms with Crippen LogP contribution in [0.25, 0.3) is 0 Å². The molecule has 0 aliphatic heterocycles. The Kier molecular flexibility index (Phi) is 3.27. The van der Waals surface area contributed by atoms with Crippen LogP contribution >= 0.6 is 27.3 Å². The van der Waals surface area contributed by atoms with E-state index in [1.807, 2.05) is 11.4 Å². The molecule has 3 heteroatoms. The summed E-state index contributed by atoms with van der Waals surface area (Å²) in [5.41, 5.74) is 0.837. The fourth-order valence-electron chi connectivity index (χ4n) is 0.789. The van der Waals surface area contributed by atoms with Gasteiger partial charge in [-0.1, -0.05) is 22.9 Å². The molecule has 1 aromatic rings. The lowest BCUT2D eigenvalue weighted by Crippen LogP contribution is -1.96. The zero-order valence-corrected chi connectivity index (χ0v) is 8.67. The zero-order valence-electron chi connectivity index (χ0n) is 6.26. The van der Waals surface area contributed by atoms with Crippen LogP contribution in [-0.2, 0) is 6.42 Å². The van der Waals surface area contributed by atoms with Crippen molar-refractivity contribution in [1.82, 2.24) is 0 Å². The third-order valence-corrected chi connectivity index (χ3v) is 3.04. The van der Waals surface area contributed by atoms with Crippen LogP contribution in [0.5, 0.6) is 0 Å². The summed E-state index contributed by atoms with van der Waals surface area (Å²) in [4.78, 5) is 12.4. The smallest absolute Gasteiger partial charge is 0.174 e. The topological polar surface area (TPSA) is 17.1 Å². The van der Waals surface area contributed by atoms with Gasteiger partial charge in [-0.05, 0) is 12.5 Å². The highest BCUT2D eigenvalue weighted by Gasteiger charge is 2.05. The maximum absolute atomic E-state index is 11.1. The van der Waals surface area contributed by atoms with Crippen LogP contribution < -0.4 is 0 Å². The maximum atomic E-state index is 11.1. The van der Waals surface area contributed by atoms with Crippen LogP contribution in [0.15, 0.2) is 11.4 Å². The molecule has 0 unspecified atom stereocenters. The molecule has 0 fully saturated rings. The lowest BCUT2D eigenvalue weighted by atomic mass is 10.2. The van der Waals surface area contributed by atoms with Crippen molar-refractivity contribution >= 4 is 33.0 Å².